The van der Waals surface area contributed by atoms with Crippen LogP contribution in [0, 0.1) is 0 Å². The predicted octanol–water partition coefficient (Wildman–Crippen LogP) is 1.65. The highest BCUT2D eigenvalue weighted by Crippen LogP contribution is 2.26. The number of piperidine rings is 1. The second-order valence-corrected chi connectivity index (χ2v) is 8.38. The number of carbonyl (C=O) groups is 2. The van der Waals surface area contributed by atoms with Crippen molar-refractivity contribution in [2.45, 2.75) is 43.9 Å². The van der Waals surface area contributed by atoms with Gasteiger partial charge in [0, 0.05) is 33.0 Å². The van der Waals surface area contributed by atoms with Crippen LogP contribution in [-0.2, 0) is 9.53 Å². The molecule has 178 valence electrons. The Morgan fingerprint density at radius 1 is 1.24 bits per heavy atom. The number of aromatic nitrogens is 4. The first-order valence-corrected chi connectivity index (χ1v) is 11.4. The largest absolute Gasteiger partial charge is 0.464 e. The Balaban J connectivity index is 1.39. The molecule has 4 heterocycles. The molecule has 0 aromatic carbocycles. The molecule has 0 bridgehead atoms. The molecule has 3 aromatic rings. The number of ether oxygens (including phenoxy) is 2. The molecule has 3 aromatic heterocycles. The van der Waals surface area contributed by atoms with E-state index in [9.17, 15) is 9.59 Å². The van der Waals surface area contributed by atoms with Gasteiger partial charge in [0.25, 0.3) is 11.8 Å². The summed E-state index contributed by atoms with van der Waals surface area (Å²) in [5.41, 5.74) is 0.672. The van der Waals surface area contributed by atoms with Crippen LogP contribution in [0.2, 0.25) is 0 Å². The van der Waals surface area contributed by atoms with E-state index < -0.39 is 6.10 Å². The lowest BCUT2D eigenvalue weighted by Crippen LogP contribution is -2.51. The first kappa shape index (κ1) is 22.1. The van der Waals surface area contributed by atoms with Crippen molar-refractivity contribution in [3.8, 4) is 5.88 Å². The van der Waals surface area contributed by atoms with E-state index in [4.69, 9.17) is 9.47 Å². The quantitative estimate of drug-likeness (QED) is 0.540. The Bertz CT molecular complexity index is 1200. The third kappa shape index (κ3) is 4.03. The van der Waals surface area contributed by atoms with Gasteiger partial charge in [0.15, 0.2) is 11.8 Å². The van der Waals surface area contributed by atoms with E-state index in [0.717, 1.165) is 19.3 Å². The first-order valence-electron chi connectivity index (χ1n) is 11.4. The topological polar surface area (TPSA) is 123 Å². The number of amides is 2. The van der Waals surface area contributed by atoms with Crippen LogP contribution in [0.1, 0.15) is 36.0 Å². The lowest BCUT2D eigenvalue weighted by molar-refractivity contribution is -0.127. The van der Waals surface area contributed by atoms with E-state index in [1.807, 2.05) is 12.1 Å². The van der Waals surface area contributed by atoms with Crippen LogP contribution in [0.25, 0.3) is 5.65 Å². The molecule has 2 N–H and O–H groups in total. The molecular weight excluding hydrogens is 438 g/mol. The van der Waals surface area contributed by atoms with Crippen LogP contribution < -0.4 is 20.3 Å². The van der Waals surface area contributed by atoms with Gasteiger partial charge in [-0.15, -0.1) is 0 Å². The van der Waals surface area contributed by atoms with E-state index in [1.54, 1.807) is 41.9 Å². The summed E-state index contributed by atoms with van der Waals surface area (Å²) >= 11 is 0. The predicted molar refractivity (Wildman–Crippen MR) is 124 cm³/mol. The number of hydrogen-bond donors (Lipinski definition) is 2. The molecule has 3 atom stereocenters. The number of anilines is 2. The van der Waals surface area contributed by atoms with Crippen molar-refractivity contribution in [3.05, 3.63) is 42.2 Å². The summed E-state index contributed by atoms with van der Waals surface area (Å²) in [4.78, 5) is 36.5. The van der Waals surface area contributed by atoms with Crippen molar-refractivity contribution >= 4 is 29.1 Å². The maximum atomic E-state index is 13.1. The summed E-state index contributed by atoms with van der Waals surface area (Å²) in [6, 6.07) is 7.09. The van der Waals surface area contributed by atoms with Crippen LogP contribution in [-0.4, -0.2) is 70.3 Å². The van der Waals surface area contributed by atoms with Crippen LogP contribution in [0.15, 0.2) is 36.7 Å². The summed E-state index contributed by atoms with van der Waals surface area (Å²) in [6.45, 7) is 0.584. The molecule has 34 heavy (non-hydrogen) atoms. The average Bonchev–Trinajstić information content (AvgIpc) is 3.27. The van der Waals surface area contributed by atoms with Gasteiger partial charge < -0.3 is 20.1 Å². The van der Waals surface area contributed by atoms with Crippen molar-refractivity contribution in [1.29, 1.82) is 0 Å². The Labute approximate surface area is 196 Å². The number of nitrogens with zero attached hydrogens (tertiary/aromatic N) is 5. The average molecular weight is 466 g/mol. The molecule has 1 aliphatic carbocycles. The van der Waals surface area contributed by atoms with E-state index in [1.165, 1.54) is 6.20 Å². The molecule has 1 aliphatic heterocycles. The number of rotatable bonds is 7. The van der Waals surface area contributed by atoms with Crippen molar-refractivity contribution in [2.24, 2.45) is 0 Å². The summed E-state index contributed by atoms with van der Waals surface area (Å²) in [5.74, 6) is 0.983. The van der Waals surface area contributed by atoms with Gasteiger partial charge in [-0.1, -0.05) is 6.07 Å². The van der Waals surface area contributed by atoms with Gasteiger partial charge in [0.2, 0.25) is 5.88 Å². The molecule has 2 aliphatic rings. The molecule has 2 fully saturated rings. The highest BCUT2D eigenvalue weighted by molar-refractivity contribution is 6.00. The normalized spacial score (nSPS) is 22.4. The summed E-state index contributed by atoms with van der Waals surface area (Å²) in [7, 11) is 3.39. The second kappa shape index (κ2) is 9.26. The maximum absolute atomic E-state index is 13.1. The number of methoxy groups -OCH3 is 1. The Morgan fingerprint density at radius 2 is 2.12 bits per heavy atom. The van der Waals surface area contributed by atoms with Crippen molar-refractivity contribution in [1.82, 2.24) is 24.9 Å². The van der Waals surface area contributed by atoms with Crippen molar-refractivity contribution in [2.75, 3.05) is 30.9 Å². The van der Waals surface area contributed by atoms with E-state index in [-0.39, 0.29) is 29.8 Å². The zero-order valence-electron chi connectivity index (χ0n) is 19.1. The lowest BCUT2D eigenvalue weighted by Gasteiger charge is -2.35. The Morgan fingerprint density at radius 3 is 2.82 bits per heavy atom. The molecule has 11 nitrogen and oxygen atoms in total. The molecule has 0 unspecified atom stereocenters. The van der Waals surface area contributed by atoms with E-state index >= 15 is 0 Å². The van der Waals surface area contributed by atoms with E-state index in [2.05, 4.69) is 25.7 Å². The number of hydrogen-bond acceptors (Lipinski definition) is 8. The van der Waals surface area contributed by atoms with Crippen molar-refractivity contribution < 1.29 is 19.1 Å². The highest BCUT2D eigenvalue weighted by Gasteiger charge is 2.34. The fraction of sp³-hybridized carbons (Fsp3) is 0.435. The molecular formula is C23H27N7O4. The number of carbonyl (C=O) groups excluding carboxylic acids is 2. The van der Waals surface area contributed by atoms with E-state index in [0.29, 0.717) is 35.8 Å². The minimum absolute atomic E-state index is 0.0184. The Hall–Kier alpha value is -3.73. The summed E-state index contributed by atoms with van der Waals surface area (Å²) < 4.78 is 13.0. The van der Waals surface area contributed by atoms with Gasteiger partial charge in [-0.3, -0.25) is 14.5 Å². The molecule has 1 saturated heterocycles. The van der Waals surface area contributed by atoms with Gasteiger partial charge in [-0.05, 0) is 37.8 Å². The molecule has 1 saturated carbocycles. The number of nitrogens with one attached hydrogen (secondary N) is 2. The highest BCUT2D eigenvalue weighted by atomic mass is 16.5. The smallest absolute Gasteiger partial charge is 0.269 e. The maximum Gasteiger partial charge on any atom is 0.269 e. The van der Waals surface area contributed by atoms with Crippen LogP contribution in [0.5, 0.6) is 5.88 Å². The molecule has 0 radical (unpaired) electrons. The standard InChI is InChI=1S/C23H27N7O4/c1-24-19-12-20(34-17-6-5-11-29(23(17)32)18-7-3-4-10-25-18)28-21-14(13-26-30(19)21)22(31)27-15-8-9-16(15)33-2/h3-4,7,10,12-13,15-17,24H,5-6,8-9,11H2,1-2H3,(H,27,31)/t15-,16-,17+/m1/s1. The first-order chi connectivity index (χ1) is 16.6. The van der Waals surface area contributed by atoms with Gasteiger partial charge in [-0.25, -0.2) is 4.98 Å². The molecule has 5 rings (SSSR count). The Kier molecular flexibility index (Phi) is 6.01. The molecule has 11 heteroatoms. The summed E-state index contributed by atoms with van der Waals surface area (Å²) in [6.07, 6.45) is 5.58. The minimum Gasteiger partial charge on any atom is -0.464 e. The van der Waals surface area contributed by atoms with Crippen molar-refractivity contribution in [3.63, 3.8) is 0 Å². The fourth-order valence-corrected chi connectivity index (χ4v) is 4.34. The lowest BCUT2D eigenvalue weighted by atomic mass is 9.89. The van der Waals surface area contributed by atoms with Gasteiger partial charge in [0.1, 0.15) is 17.2 Å². The molecule has 2 amide bonds. The number of pyridine rings is 1. The van der Waals surface area contributed by atoms with Gasteiger partial charge in [0.05, 0.1) is 18.3 Å². The zero-order valence-corrected chi connectivity index (χ0v) is 19.1. The monoisotopic (exact) mass is 465 g/mol. The van der Waals surface area contributed by atoms with Crippen LogP contribution >= 0.6 is 0 Å². The molecule has 0 spiro atoms. The minimum atomic E-state index is -0.701. The van der Waals surface area contributed by atoms with Crippen LogP contribution in [0.3, 0.4) is 0 Å². The second-order valence-electron chi connectivity index (χ2n) is 8.38. The third-order valence-corrected chi connectivity index (χ3v) is 6.36. The van der Waals surface area contributed by atoms with Gasteiger partial charge in [-0.2, -0.15) is 14.6 Å². The van der Waals surface area contributed by atoms with Crippen LogP contribution in [0.4, 0.5) is 11.6 Å². The summed E-state index contributed by atoms with van der Waals surface area (Å²) in [5, 5.41) is 10.4. The fourth-order valence-electron chi connectivity index (χ4n) is 4.34. The van der Waals surface area contributed by atoms with Gasteiger partial charge >= 0.3 is 0 Å². The zero-order chi connectivity index (χ0) is 23.7. The SMILES string of the molecule is CNc1cc(O[C@H]2CCCN(c3ccccn3)C2=O)nc2c(C(=O)N[C@@H]3CC[C@H]3OC)cnn12. The number of fused-ring (bicyclic) bond motifs is 1. The third-order valence-electron chi connectivity index (χ3n) is 6.36.